The normalized spacial score (nSPS) is 20.4. The van der Waals surface area contributed by atoms with Crippen LogP contribution in [0.15, 0.2) is 133 Å². The highest BCUT2D eigenvalue weighted by Crippen LogP contribution is 2.39. The van der Waals surface area contributed by atoms with E-state index in [0.717, 1.165) is 51.3 Å². The number of quaternary nitrogens is 2. The molecule has 6 aromatic carbocycles. The zero-order valence-electron chi connectivity index (χ0n) is 61.8. The van der Waals surface area contributed by atoms with E-state index < -0.39 is 151 Å². The van der Waals surface area contributed by atoms with Crippen LogP contribution in [0, 0.1) is 20.2 Å². The molecule has 0 spiro atoms. The summed E-state index contributed by atoms with van der Waals surface area (Å²) in [5.41, 5.74) is 14.7. The number of nitrogen functional groups attached to an aromatic ring is 2. The Balaban J connectivity index is 0.000000188. The molecule has 8 aliphatic rings. The van der Waals surface area contributed by atoms with E-state index in [1.54, 1.807) is 30.3 Å². The number of nitro groups is 2. The predicted octanol–water partition coefficient (Wildman–Crippen LogP) is -7.01. The van der Waals surface area contributed by atoms with Crippen LogP contribution in [0.4, 0.5) is 32.3 Å². The van der Waals surface area contributed by atoms with Crippen molar-refractivity contribution in [1.82, 2.24) is 51.9 Å². The molecule has 0 bridgehead atoms. The number of fused-ring (bicyclic) bond motifs is 4. The summed E-state index contributed by atoms with van der Waals surface area (Å²) in [7, 11) is 0. The highest BCUT2D eigenvalue weighted by Gasteiger charge is 2.59. The van der Waals surface area contributed by atoms with Crippen molar-refractivity contribution >= 4 is 135 Å². The minimum atomic E-state index is -1.93. The first kappa shape index (κ1) is 88.9. The van der Waals surface area contributed by atoms with Crippen molar-refractivity contribution in [2.75, 3.05) is 37.6 Å². The molecular formula is C74H70Cl2N16O26. The fourth-order valence-electron chi connectivity index (χ4n) is 13.2. The molecule has 4 saturated heterocycles. The molecule has 0 aliphatic carbocycles. The van der Waals surface area contributed by atoms with Gasteiger partial charge in [0.05, 0.1) is 74.0 Å². The standard InChI is InChI=1S/C22H18N4O8.C16H16N4O5.C14H14N4O4.C14H17N3O4.C8H3NO5.2ClH/c27-17-8-9-22(20(30)24-17,12-23-21(31)34-11-13-4-2-1-3-5-13)25-18(28)15-7-6-14(26(32)33)10-16(15)19(25)29;1-8(21)18-7-16(5-4-12(22)19-15(16)25)20-13(23)10-3-2-9(17)6-11(10)14(20)24;15-6-14(4-3-10(19)17-13(14)22)18-11(20)8-2-1-7(16)5-9(8)12(18)21;15-14(7-6-11(18)17-12(14)19)9-16-13(20)21-8-10-4-2-1-3-5-10;10-7-5-2-1-4(9(12)13)3-6(5)8(11)14-7;;/h1-7,10H,8-9,11-12H2,(H,23,31)(H,24,27,30);2-3,6H,4-5,7,17H2,1H3,(H,18,21)(H,19,22,25);1-2,5H,3-4,6,15-16H2,(H,17,19,22);1-5H,6-9,15H2,(H,16,20)(H,17,18,19);1-3H;2*1H. The lowest BCUT2D eigenvalue weighted by Crippen LogP contribution is -3.00. The zero-order chi connectivity index (χ0) is 84.5. The van der Waals surface area contributed by atoms with Gasteiger partial charge in [-0.25, -0.2) is 19.2 Å². The lowest BCUT2D eigenvalue weighted by Gasteiger charge is -2.41. The summed E-state index contributed by atoms with van der Waals surface area (Å²) in [6, 6.07) is 33.3. The molecule has 44 heteroatoms. The number of rotatable bonds is 16. The number of esters is 2. The Bertz CT molecular complexity index is 5270. The summed E-state index contributed by atoms with van der Waals surface area (Å²) in [5, 5.41) is 37.5. The van der Waals surface area contributed by atoms with Gasteiger partial charge >= 0.3 is 24.1 Å². The number of benzene rings is 6. The van der Waals surface area contributed by atoms with E-state index in [2.05, 4.69) is 53.4 Å². The molecule has 118 heavy (non-hydrogen) atoms. The highest BCUT2D eigenvalue weighted by atomic mass is 35.5. The van der Waals surface area contributed by atoms with E-state index in [1.165, 1.54) is 49.4 Å². The number of amides is 17. The summed E-state index contributed by atoms with van der Waals surface area (Å²) in [5.74, 6) is -11.0. The van der Waals surface area contributed by atoms with Crippen LogP contribution in [-0.4, -0.2) is 186 Å². The molecule has 4 atom stereocenters. The number of carbonyl (C=O) groups excluding carboxylic acids is 19. The summed E-state index contributed by atoms with van der Waals surface area (Å²) in [4.78, 5) is 252. The first-order chi connectivity index (χ1) is 55.0. The summed E-state index contributed by atoms with van der Waals surface area (Å²) < 4.78 is 14.4. The number of nitrogens with two attached hydrogens (primary N) is 2. The number of halogens is 2. The zero-order valence-corrected chi connectivity index (χ0v) is 63.3. The fourth-order valence-corrected chi connectivity index (χ4v) is 13.2. The topological polar surface area (TPSA) is 640 Å². The van der Waals surface area contributed by atoms with Crippen molar-refractivity contribution in [2.45, 2.75) is 93.7 Å². The molecule has 8 aliphatic heterocycles. The Morgan fingerprint density at radius 1 is 0.441 bits per heavy atom. The second-order valence-corrected chi connectivity index (χ2v) is 27.0. The van der Waals surface area contributed by atoms with Crippen molar-refractivity contribution in [3.8, 4) is 0 Å². The van der Waals surface area contributed by atoms with Crippen LogP contribution in [0.1, 0.15) is 152 Å². The van der Waals surface area contributed by atoms with Crippen LogP contribution in [0.3, 0.4) is 0 Å². The van der Waals surface area contributed by atoms with E-state index in [4.69, 9.17) is 20.9 Å². The first-order valence-electron chi connectivity index (χ1n) is 34.9. The summed E-state index contributed by atoms with van der Waals surface area (Å²) in [6.45, 7) is 0.577. The molecule has 616 valence electrons. The largest absolute Gasteiger partial charge is 1.00 e. The molecule has 17 amide bonds. The van der Waals surface area contributed by atoms with E-state index in [9.17, 15) is 111 Å². The number of nitrogens with one attached hydrogen (secondary N) is 7. The Morgan fingerprint density at radius 3 is 1.16 bits per heavy atom. The van der Waals surface area contributed by atoms with Gasteiger partial charge in [0.1, 0.15) is 30.8 Å². The van der Waals surface area contributed by atoms with Gasteiger partial charge in [-0.1, -0.05) is 60.7 Å². The number of hydrogen-bond acceptors (Lipinski definition) is 28. The monoisotopic (exact) mass is 1670 g/mol. The quantitative estimate of drug-likeness (QED) is 0.00816. The summed E-state index contributed by atoms with van der Waals surface area (Å²) in [6.07, 6.45) is -1.44. The number of piperidine rings is 4. The van der Waals surface area contributed by atoms with Crippen molar-refractivity contribution in [3.63, 3.8) is 0 Å². The van der Waals surface area contributed by atoms with Gasteiger partial charge in [0.15, 0.2) is 11.1 Å². The number of carbonyl (C=O) groups is 19. The molecule has 0 saturated carbocycles. The van der Waals surface area contributed by atoms with E-state index in [0.29, 0.717) is 22.7 Å². The maximum absolute atomic E-state index is 13.1. The number of non-ortho nitro benzene ring substituents is 2. The molecule has 42 nitrogen and oxygen atoms in total. The average molecular weight is 1670 g/mol. The highest BCUT2D eigenvalue weighted by molar-refractivity contribution is 6.27. The fraction of sp³-hybridized carbons (Fsp3) is 0.257. The van der Waals surface area contributed by atoms with Gasteiger partial charge in [0.25, 0.3) is 70.4 Å². The lowest BCUT2D eigenvalue weighted by molar-refractivity contribution is -0.457. The molecule has 0 aromatic heterocycles. The molecular weight excluding hydrogens is 1600 g/mol. The number of imide groups is 7. The van der Waals surface area contributed by atoms with Crippen LogP contribution in [0.5, 0.6) is 0 Å². The Kier molecular flexibility index (Phi) is 27.6. The van der Waals surface area contributed by atoms with E-state index >= 15 is 0 Å². The number of nitro benzene ring substituents is 2. The second kappa shape index (κ2) is 36.7. The molecule has 14 rings (SSSR count). The molecule has 0 radical (unpaired) electrons. The molecule has 8 heterocycles. The maximum atomic E-state index is 13.1. The molecule has 4 fully saturated rings. The van der Waals surface area contributed by atoms with Gasteiger partial charge in [-0.2, -0.15) is 0 Å². The smallest absolute Gasteiger partial charge is 0.407 e. The van der Waals surface area contributed by atoms with Crippen molar-refractivity contribution in [1.29, 1.82) is 0 Å². The molecule has 4 unspecified atom stereocenters. The van der Waals surface area contributed by atoms with Crippen LogP contribution in [-0.2, 0) is 70.6 Å². The SMILES string of the molecule is CC(=O)NCC1(N2C(=O)c3ccc(N)cc3C2=O)CCC(=O)NC1=O.Nc1ccc2c(c1)C(=O)N(C1(C[NH3+])CCC(=O)NC1=O)C2=O.O=C1CCC(CNC(=O)OCc2ccccc2)(N2C(=O)c3ccc([N+](=O)[O-])cc3C2=O)C(=O)N1.O=C1OC(=O)c2cc([N+](=O)[O-])ccc21.[Cl-].[Cl-].[NH3+]C1(CNC(=O)OCc2ccccc2)CCC(=O)NC1=O. The molecule has 6 aromatic rings. The van der Waals surface area contributed by atoms with Gasteiger partial charge < -0.3 is 77.9 Å². The van der Waals surface area contributed by atoms with Gasteiger partial charge in [0.2, 0.25) is 29.5 Å². The lowest BCUT2D eigenvalue weighted by atomic mass is 9.86. The predicted molar refractivity (Wildman–Crippen MR) is 388 cm³/mol. The number of hydrogen-bond donors (Lipinski definition) is 11. The van der Waals surface area contributed by atoms with Gasteiger partial charge in [0, 0.05) is 74.7 Å². The summed E-state index contributed by atoms with van der Waals surface area (Å²) >= 11 is 0. The minimum Gasteiger partial charge on any atom is -1.00 e. The molecule has 17 N–H and O–H groups in total. The number of anilines is 2. The Hall–Kier alpha value is -14.7. The minimum absolute atomic E-state index is 0. The van der Waals surface area contributed by atoms with E-state index in [-0.39, 0.29) is 159 Å². The van der Waals surface area contributed by atoms with Crippen molar-refractivity contribution < 1.29 is 151 Å². The first-order valence-corrected chi connectivity index (χ1v) is 34.9. The number of alkyl carbamates (subject to hydrolysis) is 2. The third-order valence-corrected chi connectivity index (χ3v) is 19.5. The number of nitrogens with zero attached hydrogens (tertiary/aromatic N) is 5. The van der Waals surface area contributed by atoms with Crippen LogP contribution in [0.2, 0.25) is 0 Å². The van der Waals surface area contributed by atoms with Gasteiger partial charge in [-0.05, 0) is 78.9 Å². The van der Waals surface area contributed by atoms with Gasteiger partial charge in [-0.3, -0.25) is 128 Å². The van der Waals surface area contributed by atoms with Crippen LogP contribution < -0.4 is 85.0 Å². The van der Waals surface area contributed by atoms with Crippen LogP contribution in [0.25, 0.3) is 0 Å². The second-order valence-electron chi connectivity index (χ2n) is 27.0. The number of cyclic esters (lactones) is 2. The maximum Gasteiger partial charge on any atom is 0.407 e. The van der Waals surface area contributed by atoms with Crippen molar-refractivity contribution in [2.24, 2.45) is 0 Å². The van der Waals surface area contributed by atoms with Crippen LogP contribution >= 0.6 is 0 Å². The third kappa shape index (κ3) is 18.6. The van der Waals surface area contributed by atoms with Crippen molar-refractivity contribution in [3.05, 3.63) is 209 Å². The van der Waals surface area contributed by atoms with Gasteiger partial charge in [-0.15, -0.1) is 0 Å². The van der Waals surface area contributed by atoms with E-state index in [1.807, 2.05) is 30.3 Å². The Labute approximate surface area is 676 Å². The average Bonchev–Trinajstić information content (AvgIpc) is 1.59. The third-order valence-electron chi connectivity index (χ3n) is 19.5. The number of ether oxygens (including phenoxy) is 3. The Morgan fingerprint density at radius 2 is 0.771 bits per heavy atom.